The van der Waals surface area contributed by atoms with Gasteiger partial charge in [-0.2, -0.15) is 5.10 Å². The molecule has 6 nitrogen and oxygen atoms in total. The van der Waals surface area contributed by atoms with Crippen LogP contribution >= 0.6 is 0 Å². The van der Waals surface area contributed by atoms with Crippen LogP contribution in [0.25, 0.3) is 0 Å². The van der Waals surface area contributed by atoms with Gasteiger partial charge in [-0.1, -0.05) is 12.1 Å². The molecule has 1 amide bonds. The van der Waals surface area contributed by atoms with Gasteiger partial charge in [0.05, 0.1) is 13.2 Å². The second kappa shape index (κ2) is 5.31. The number of ether oxygens (including phenoxy) is 1. The van der Waals surface area contributed by atoms with Crippen LogP contribution in [0.15, 0.2) is 30.6 Å². The SMILES string of the molecule is COc1cccc(C(C)NC(=O)c2ncn[nH]2)c1. The van der Waals surface area contributed by atoms with Crippen molar-refractivity contribution in [1.82, 2.24) is 20.5 Å². The van der Waals surface area contributed by atoms with Crippen molar-refractivity contribution < 1.29 is 9.53 Å². The maximum atomic E-state index is 11.8. The predicted octanol–water partition coefficient (Wildman–Crippen LogP) is 1.30. The molecule has 0 bridgehead atoms. The van der Waals surface area contributed by atoms with Crippen LogP contribution in [0.4, 0.5) is 0 Å². The van der Waals surface area contributed by atoms with E-state index in [4.69, 9.17) is 4.74 Å². The number of aromatic nitrogens is 3. The van der Waals surface area contributed by atoms with E-state index in [9.17, 15) is 4.79 Å². The molecule has 0 spiro atoms. The number of carbonyl (C=O) groups is 1. The minimum absolute atomic E-state index is 0.141. The topological polar surface area (TPSA) is 79.9 Å². The first kappa shape index (κ1) is 12.1. The van der Waals surface area contributed by atoms with E-state index >= 15 is 0 Å². The summed E-state index contributed by atoms with van der Waals surface area (Å²) in [6, 6.07) is 7.40. The maximum Gasteiger partial charge on any atom is 0.289 e. The van der Waals surface area contributed by atoms with Gasteiger partial charge in [-0.3, -0.25) is 9.89 Å². The molecule has 1 atom stereocenters. The summed E-state index contributed by atoms with van der Waals surface area (Å²) in [5, 5.41) is 8.97. The smallest absolute Gasteiger partial charge is 0.289 e. The van der Waals surface area contributed by atoms with Gasteiger partial charge in [0, 0.05) is 0 Å². The zero-order valence-corrected chi connectivity index (χ0v) is 10.2. The Kier molecular flexibility index (Phi) is 3.57. The zero-order valence-electron chi connectivity index (χ0n) is 10.2. The number of hydrogen-bond acceptors (Lipinski definition) is 4. The van der Waals surface area contributed by atoms with Gasteiger partial charge in [-0.15, -0.1) is 0 Å². The van der Waals surface area contributed by atoms with E-state index in [-0.39, 0.29) is 17.8 Å². The fraction of sp³-hybridized carbons (Fsp3) is 0.250. The van der Waals surface area contributed by atoms with E-state index in [0.717, 1.165) is 11.3 Å². The van der Waals surface area contributed by atoms with Gasteiger partial charge in [0.2, 0.25) is 5.82 Å². The largest absolute Gasteiger partial charge is 0.497 e. The van der Waals surface area contributed by atoms with Crippen LogP contribution in [0.1, 0.15) is 29.1 Å². The van der Waals surface area contributed by atoms with Crippen molar-refractivity contribution >= 4 is 5.91 Å². The van der Waals surface area contributed by atoms with E-state index in [2.05, 4.69) is 20.5 Å². The summed E-state index contributed by atoms with van der Waals surface area (Å²) in [6.07, 6.45) is 1.30. The van der Waals surface area contributed by atoms with Crippen LogP contribution in [0.5, 0.6) is 5.75 Å². The maximum absolute atomic E-state index is 11.8. The first-order chi connectivity index (χ1) is 8.70. The molecule has 0 saturated heterocycles. The van der Waals surface area contributed by atoms with Crippen molar-refractivity contribution in [3.8, 4) is 5.75 Å². The number of aromatic amines is 1. The summed E-state index contributed by atoms with van der Waals surface area (Å²) in [6.45, 7) is 1.89. The molecule has 1 aromatic heterocycles. The second-order valence-electron chi connectivity index (χ2n) is 3.81. The van der Waals surface area contributed by atoms with Gasteiger partial charge in [0.15, 0.2) is 0 Å². The highest BCUT2D eigenvalue weighted by Crippen LogP contribution is 2.18. The van der Waals surface area contributed by atoms with Crippen molar-refractivity contribution in [1.29, 1.82) is 0 Å². The Balaban J connectivity index is 2.07. The van der Waals surface area contributed by atoms with Gasteiger partial charge < -0.3 is 10.1 Å². The van der Waals surface area contributed by atoms with Crippen molar-refractivity contribution in [3.05, 3.63) is 42.0 Å². The highest BCUT2D eigenvalue weighted by molar-refractivity contribution is 5.90. The lowest BCUT2D eigenvalue weighted by atomic mass is 10.1. The molecule has 2 aromatic rings. The number of amides is 1. The van der Waals surface area contributed by atoms with Crippen molar-refractivity contribution in [3.63, 3.8) is 0 Å². The normalized spacial score (nSPS) is 11.9. The van der Waals surface area contributed by atoms with Gasteiger partial charge in [0.1, 0.15) is 12.1 Å². The average molecular weight is 246 g/mol. The monoisotopic (exact) mass is 246 g/mol. The quantitative estimate of drug-likeness (QED) is 0.852. The minimum Gasteiger partial charge on any atom is -0.497 e. The number of carbonyl (C=O) groups excluding carboxylic acids is 1. The molecule has 0 aliphatic carbocycles. The zero-order chi connectivity index (χ0) is 13.0. The molecule has 1 unspecified atom stereocenters. The Bertz CT molecular complexity index is 525. The van der Waals surface area contributed by atoms with Crippen LogP contribution in [-0.4, -0.2) is 28.2 Å². The molecule has 2 rings (SSSR count). The molecule has 18 heavy (non-hydrogen) atoms. The third kappa shape index (κ3) is 2.65. The second-order valence-corrected chi connectivity index (χ2v) is 3.81. The summed E-state index contributed by atoms with van der Waals surface area (Å²) < 4.78 is 5.14. The van der Waals surface area contributed by atoms with E-state index in [1.165, 1.54) is 6.33 Å². The summed E-state index contributed by atoms with van der Waals surface area (Å²) in [7, 11) is 1.61. The number of rotatable bonds is 4. The third-order valence-corrected chi connectivity index (χ3v) is 2.57. The molecule has 1 heterocycles. The summed E-state index contributed by atoms with van der Waals surface area (Å²) in [4.78, 5) is 15.6. The van der Waals surface area contributed by atoms with Crippen molar-refractivity contribution in [2.75, 3.05) is 7.11 Å². The van der Waals surface area contributed by atoms with Crippen LogP contribution in [0.2, 0.25) is 0 Å². The Labute approximate surface area is 104 Å². The lowest BCUT2D eigenvalue weighted by Crippen LogP contribution is -2.27. The highest BCUT2D eigenvalue weighted by Gasteiger charge is 2.13. The molecule has 94 valence electrons. The van der Waals surface area contributed by atoms with Crippen LogP contribution in [-0.2, 0) is 0 Å². The fourth-order valence-corrected chi connectivity index (χ4v) is 1.57. The van der Waals surface area contributed by atoms with Crippen molar-refractivity contribution in [2.24, 2.45) is 0 Å². The molecule has 0 saturated carbocycles. The van der Waals surface area contributed by atoms with Gasteiger partial charge >= 0.3 is 0 Å². The first-order valence-electron chi connectivity index (χ1n) is 5.51. The Hall–Kier alpha value is -2.37. The predicted molar refractivity (Wildman–Crippen MR) is 65.3 cm³/mol. The molecular weight excluding hydrogens is 232 g/mol. The highest BCUT2D eigenvalue weighted by atomic mass is 16.5. The summed E-state index contributed by atoms with van der Waals surface area (Å²) >= 11 is 0. The molecule has 0 radical (unpaired) electrons. The summed E-state index contributed by atoms with van der Waals surface area (Å²) in [5.41, 5.74) is 0.960. The number of nitrogens with zero attached hydrogens (tertiary/aromatic N) is 2. The molecule has 0 fully saturated rings. The molecule has 2 N–H and O–H groups in total. The first-order valence-corrected chi connectivity index (χ1v) is 5.51. The number of hydrogen-bond donors (Lipinski definition) is 2. The molecular formula is C12H14N4O2. The minimum atomic E-state index is -0.289. The average Bonchev–Trinajstić information content (AvgIpc) is 2.92. The van der Waals surface area contributed by atoms with E-state index in [1.807, 2.05) is 31.2 Å². The standard InChI is InChI=1S/C12H14N4O2/c1-8(9-4-3-5-10(6-9)18-2)15-12(17)11-13-7-14-16-11/h3-8H,1-2H3,(H,15,17)(H,13,14,16). The lowest BCUT2D eigenvalue weighted by molar-refractivity contribution is 0.0929. The Morgan fingerprint density at radius 2 is 2.33 bits per heavy atom. The Morgan fingerprint density at radius 3 is 3.00 bits per heavy atom. The Morgan fingerprint density at radius 1 is 1.50 bits per heavy atom. The molecule has 1 aromatic carbocycles. The van der Waals surface area contributed by atoms with Crippen molar-refractivity contribution in [2.45, 2.75) is 13.0 Å². The van der Waals surface area contributed by atoms with E-state index in [0.29, 0.717) is 0 Å². The van der Waals surface area contributed by atoms with Gasteiger partial charge in [0.25, 0.3) is 5.91 Å². The van der Waals surface area contributed by atoms with Crippen LogP contribution < -0.4 is 10.1 Å². The van der Waals surface area contributed by atoms with E-state index in [1.54, 1.807) is 7.11 Å². The molecule has 0 aliphatic heterocycles. The van der Waals surface area contributed by atoms with Gasteiger partial charge in [-0.05, 0) is 24.6 Å². The van der Waals surface area contributed by atoms with Crippen LogP contribution in [0, 0.1) is 0 Å². The van der Waals surface area contributed by atoms with Gasteiger partial charge in [-0.25, -0.2) is 4.98 Å². The fourth-order valence-electron chi connectivity index (χ4n) is 1.57. The molecule has 0 aliphatic rings. The number of benzene rings is 1. The van der Waals surface area contributed by atoms with Crippen LogP contribution in [0.3, 0.4) is 0 Å². The summed E-state index contributed by atoms with van der Waals surface area (Å²) in [5.74, 6) is 0.667. The number of nitrogens with one attached hydrogen (secondary N) is 2. The number of H-pyrrole nitrogens is 1. The lowest BCUT2D eigenvalue weighted by Gasteiger charge is -2.14. The third-order valence-electron chi connectivity index (χ3n) is 2.57. The number of methoxy groups -OCH3 is 1. The van der Waals surface area contributed by atoms with E-state index < -0.39 is 0 Å². The molecule has 6 heteroatoms.